The molecule has 1 saturated carbocycles. The van der Waals surface area contributed by atoms with Crippen molar-refractivity contribution in [1.29, 1.82) is 0 Å². The van der Waals surface area contributed by atoms with E-state index in [0.717, 1.165) is 12.5 Å². The molecule has 0 saturated heterocycles. The predicted octanol–water partition coefficient (Wildman–Crippen LogP) is 2.55. The molecule has 0 amide bonds. The summed E-state index contributed by atoms with van der Waals surface area (Å²) in [5.41, 5.74) is 6.07. The third-order valence-corrected chi connectivity index (χ3v) is 2.87. The maximum Gasteiger partial charge on any atom is -0.00257 e. The van der Waals surface area contributed by atoms with Crippen LogP contribution in [-0.4, -0.2) is 6.54 Å². The molecule has 11 heavy (non-hydrogen) atoms. The fraction of sp³-hybridized carbons (Fsp3) is 1.00. The Hall–Kier alpha value is -0.0400. The summed E-state index contributed by atoms with van der Waals surface area (Å²) in [5, 5.41) is 0. The van der Waals surface area contributed by atoms with Crippen LogP contribution in [0.5, 0.6) is 0 Å². The highest BCUT2D eigenvalue weighted by Gasteiger charge is 2.23. The molecule has 0 atom stereocenters. The van der Waals surface area contributed by atoms with Crippen molar-refractivity contribution in [3.05, 3.63) is 0 Å². The van der Waals surface area contributed by atoms with Gasteiger partial charge in [-0.2, -0.15) is 0 Å². The predicted molar refractivity (Wildman–Crippen MR) is 49.4 cm³/mol. The second-order valence-electron chi connectivity index (χ2n) is 4.72. The first-order valence-electron chi connectivity index (χ1n) is 4.84. The van der Waals surface area contributed by atoms with Gasteiger partial charge < -0.3 is 5.73 Å². The molecular formula is C10H21N. The Balaban J connectivity index is 2.28. The summed E-state index contributed by atoms with van der Waals surface area (Å²) in [6, 6.07) is 0. The van der Waals surface area contributed by atoms with Gasteiger partial charge in [0.1, 0.15) is 0 Å². The van der Waals surface area contributed by atoms with Gasteiger partial charge in [0.15, 0.2) is 0 Å². The highest BCUT2D eigenvalue weighted by molar-refractivity contribution is 4.77. The molecule has 0 aromatic rings. The van der Waals surface area contributed by atoms with Crippen LogP contribution in [0, 0.1) is 11.3 Å². The van der Waals surface area contributed by atoms with Crippen molar-refractivity contribution < 1.29 is 0 Å². The standard InChI is InChI=1S/C10H21N/c1-10(2,8-11)7-9-5-3-4-6-9/h9H,3-8,11H2,1-2H3. The molecule has 1 heteroatoms. The summed E-state index contributed by atoms with van der Waals surface area (Å²) in [4.78, 5) is 0. The highest BCUT2D eigenvalue weighted by Crippen LogP contribution is 2.34. The molecule has 0 bridgehead atoms. The molecular weight excluding hydrogens is 134 g/mol. The topological polar surface area (TPSA) is 26.0 Å². The average molecular weight is 155 g/mol. The Morgan fingerprint density at radius 1 is 1.27 bits per heavy atom. The lowest BCUT2D eigenvalue weighted by molar-refractivity contribution is 0.277. The van der Waals surface area contributed by atoms with E-state index in [4.69, 9.17) is 5.73 Å². The number of rotatable bonds is 3. The summed E-state index contributed by atoms with van der Waals surface area (Å²) in [6.07, 6.45) is 7.13. The minimum absolute atomic E-state index is 0.384. The van der Waals surface area contributed by atoms with Crippen molar-refractivity contribution >= 4 is 0 Å². The maximum absolute atomic E-state index is 5.68. The van der Waals surface area contributed by atoms with E-state index in [1.165, 1.54) is 32.1 Å². The van der Waals surface area contributed by atoms with E-state index in [1.807, 2.05) is 0 Å². The van der Waals surface area contributed by atoms with Crippen LogP contribution in [0.4, 0.5) is 0 Å². The lowest BCUT2D eigenvalue weighted by Crippen LogP contribution is -2.25. The Kier molecular flexibility index (Phi) is 2.94. The Morgan fingerprint density at radius 2 is 1.82 bits per heavy atom. The molecule has 2 N–H and O–H groups in total. The van der Waals surface area contributed by atoms with Crippen molar-refractivity contribution in [3.63, 3.8) is 0 Å². The molecule has 0 aliphatic heterocycles. The van der Waals surface area contributed by atoms with Crippen LogP contribution in [0.3, 0.4) is 0 Å². The van der Waals surface area contributed by atoms with E-state index >= 15 is 0 Å². The molecule has 1 nitrogen and oxygen atoms in total. The first-order chi connectivity index (χ1) is 5.14. The average Bonchev–Trinajstić information content (AvgIpc) is 2.39. The monoisotopic (exact) mass is 155 g/mol. The molecule has 0 spiro atoms. The fourth-order valence-corrected chi connectivity index (χ4v) is 2.08. The van der Waals surface area contributed by atoms with Crippen LogP contribution in [-0.2, 0) is 0 Å². The van der Waals surface area contributed by atoms with Crippen LogP contribution in [0.2, 0.25) is 0 Å². The molecule has 1 rings (SSSR count). The van der Waals surface area contributed by atoms with Gasteiger partial charge in [-0.25, -0.2) is 0 Å². The zero-order valence-corrected chi connectivity index (χ0v) is 7.90. The number of nitrogens with two attached hydrogens (primary N) is 1. The van der Waals surface area contributed by atoms with E-state index in [1.54, 1.807) is 0 Å². The van der Waals surface area contributed by atoms with Crippen molar-refractivity contribution in [1.82, 2.24) is 0 Å². The molecule has 0 aromatic heterocycles. The van der Waals surface area contributed by atoms with Gasteiger partial charge in [0.25, 0.3) is 0 Å². The lowest BCUT2D eigenvalue weighted by atomic mass is 9.82. The smallest absolute Gasteiger partial charge is 0.00257 e. The normalized spacial score (nSPS) is 21.0. The van der Waals surface area contributed by atoms with Crippen LogP contribution >= 0.6 is 0 Å². The fourth-order valence-electron chi connectivity index (χ4n) is 2.08. The molecule has 66 valence electrons. The van der Waals surface area contributed by atoms with Crippen molar-refractivity contribution in [3.8, 4) is 0 Å². The van der Waals surface area contributed by atoms with Crippen LogP contribution in [0.15, 0.2) is 0 Å². The second-order valence-corrected chi connectivity index (χ2v) is 4.72. The molecule has 0 unspecified atom stereocenters. The van der Waals surface area contributed by atoms with Gasteiger partial charge in [-0.3, -0.25) is 0 Å². The Morgan fingerprint density at radius 3 is 2.27 bits per heavy atom. The maximum atomic E-state index is 5.68. The van der Waals surface area contributed by atoms with Crippen LogP contribution in [0.25, 0.3) is 0 Å². The van der Waals surface area contributed by atoms with Gasteiger partial charge in [-0.1, -0.05) is 39.5 Å². The van der Waals surface area contributed by atoms with E-state index < -0.39 is 0 Å². The largest absolute Gasteiger partial charge is 0.330 e. The molecule has 0 heterocycles. The molecule has 1 aliphatic rings. The third-order valence-electron chi connectivity index (χ3n) is 2.87. The number of hydrogen-bond donors (Lipinski definition) is 1. The summed E-state index contributed by atoms with van der Waals surface area (Å²) < 4.78 is 0. The molecule has 0 aromatic carbocycles. The van der Waals surface area contributed by atoms with Gasteiger partial charge in [0.2, 0.25) is 0 Å². The summed E-state index contributed by atoms with van der Waals surface area (Å²) in [6.45, 7) is 5.40. The second kappa shape index (κ2) is 3.57. The van der Waals surface area contributed by atoms with Crippen LogP contribution in [0.1, 0.15) is 46.0 Å². The summed E-state index contributed by atoms with van der Waals surface area (Å²) >= 11 is 0. The van der Waals surface area contributed by atoms with Gasteiger partial charge in [0, 0.05) is 0 Å². The van der Waals surface area contributed by atoms with Gasteiger partial charge in [-0.15, -0.1) is 0 Å². The van der Waals surface area contributed by atoms with Gasteiger partial charge in [0.05, 0.1) is 0 Å². The lowest BCUT2D eigenvalue weighted by Gasteiger charge is -2.25. The SMILES string of the molecule is CC(C)(CN)CC1CCCC1. The van der Waals surface area contributed by atoms with Crippen molar-refractivity contribution in [2.24, 2.45) is 17.1 Å². The quantitative estimate of drug-likeness (QED) is 0.666. The van der Waals surface area contributed by atoms with E-state index in [0.29, 0.717) is 5.41 Å². The molecule has 0 radical (unpaired) electrons. The Bertz CT molecular complexity index is 112. The van der Waals surface area contributed by atoms with E-state index in [2.05, 4.69) is 13.8 Å². The highest BCUT2D eigenvalue weighted by atomic mass is 14.6. The molecule has 1 fully saturated rings. The minimum atomic E-state index is 0.384. The summed E-state index contributed by atoms with van der Waals surface area (Å²) in [7, 11) is 0. The first-order valence-corrected chi connectivity index (χ1v) is 4.84. The van der Waals surface area contributed by atoms with E-state index in [-0.39, 0.29) is 0 Å². The zero-order chi connectivity index (χ0) is 8.32. The van der Waals surface area contributed by atoms with Crippen molar-refractivity contribution in [2.75, 3.05) is 6.54 Å². The third kappa shape index (κ3) is 2.82. The molecule has 1 aliphatic carbocycles. The zero-order valence-electron chi connectivity index (χ0n) is 7.90. The van der Waals surface area contributed by atoms with Crippen molar-refractivity contribution in [2.45, 2.75) is 46.0 Å². The van der Waals surface area contributed by atoms with Crippen LogP contribution < -0.4 is 5.73 Å². The number of hydrogen-bond acceptors (Lipinski definition) is 1. The van der Waals surface area contributed by atoms with Gasteiger partial charge in [-0.05, 0) is 24.3 Å². The minimum Gasteiger partial charge on any atom is -0.330 e. The first kappa shape index (κ1) is 9.05. The Labute approximate surface area is 70.4 Å². The summed E-state index contributed by atoms with van der Waals surface area (Å²) in [5.74, 6) is 0.980. The van der Waals surface area contributed by atoms with E-state index in [9.17, 15) is 0 Å². The van der Waals surface area contributed by atoms with Gasteiger partial charge >= 0.3 is 0 Å².